The van der Waals surface area contributed by atoms with Crippen LogP contribution in [0.5, 0.6) is 0 Å². The van der Waals surface area contributed by atoms with E-state index in [1.165, 1.54) is 12.1 Å². The molecule has 1 aliphatic rings. The number of aromatic nitrogens is 2. The largest absolute Gasteiger partial charge is 0.416 e. The molecule has 6 nitrogen and oxygen atoms in total. The zero-order valence-electron chi connectivity index (χ0n) is 16.0. The standard InChI is InChI=1S/C19H25F3N6/c1-13-16(7-8-23-2)26-18(28-11-9-24-10-12-28)27-17(13)25-15-5-3-14(4-6-15)19(20,21)22/h3-6,23-24H,7-12H2,1-2H3,(H,25,26,27). The van der Waals surface area contributed by atoms with Crippen LogP contribution in [0.2, 0.25) is 0 Å². The number of benzene rings is 1. The lowest BCUT2D eigenvalue weighted by Crippen LogP contribution is -2.44. The summed E-state index contributed by atoms with van der Waals surface area (Å²) < 4.78 is 38.3. The minimum Gasteiger partial charge on any atom is -0.340 e. The van der Waals surface area contributed by atoms with E-state index in [2.05, 4.69) is 25.8 Å². The first-order chi connectivity index (χ1) is 13.4. The van der Waals surface area contributed by atoms with E-state index in [1.54, 1.807) is 0 Å². The molecule has 0 amide bonds. The zero-order chi connectivity index (χ0) is 20.1. The molecule has 0 unspecified atom stereocenters. The number of likely N-dealkylation sites (N-methyl/N-ethyl adjacent to an activating group) is 1. The summed E-state index contributed by atoms with van der Waals surface area (Å²) >= 11 is 0. The Hall–Kier alpha value is -2.39. The summed E-state index contributed by atoms with van der Waals surface area (Å²) in [6, 6.07) is 4.97. The average molecular weight is 394 g/mol. The Morgan fingerprint density at radius 1 is 1.11 bits per heavy atom. The molecule has 152 valence electrons. The maximum atomic E-state index is 12.8. The Balaban J connectivity index is 1.89. The molecule has 3 N–H and O–H groups in total. The molecule has 28 heavy (non-hydrogen) atoms. The molecule has 2 aromatic rings. The number of nitrogens with zero attached hydrogens (tertiary/aromatic N) is 3. The van der Waals surface area contributed by atoms with Crippen molar-refractivity contribution in [3.05, 3.63) is 41.1 Å². The summed E-state index contributed by atoms with van der Waals surface area (Å²) in [7, 11) is 1.88. The first kappa shape index (κ1) is 20.3. The molecule has 0 radical (unpaired) electrons. The summed E-state index contributed by atoms with van der Waals surface area (Å²) in [5, 5.41) is 9.59. The first-order valence-electron chi connectivity index (χ1n) is 9.30. The molecule has 0 atom stereocenters. The van der Waals surface area contributed by atoms with Gasteiger partial charge in [-0.1, -0.05) is 0 Å². The molecule has 0 saturated carbocycles. The Morgan fingerprint density at radius 2 is 1.79 bits per heavy atom. The predicted molar refractivity (Wildman–Crippen MR) is 104 cm³/mol. The van der Waals surface area contributed by atoms with Crippen molar-refractivity contribution in [1.82, 2.24) is 20.6 Å². The SMILES string of the molecule is CNCCc1nc(N2CCNCC2)nc(Nc2ccc(C(F)(F)F)cc2)c1C. The molecular weight excluding hydrogens is 369 g/mol. The number of anilines is 3. The van der Waals surface area contributed by atoms with Crippen LogP contribution in [0.3, 0.4) is 0 Å². The van der Waals surface area contributed by atoms with Crippen molar-refractivity contribution in [2.75, 3.05) is 50.0 Å². The van der Waals surface area contributed by atoms with E-state index in [4.69, 9.17) is 4.98 Å². The molecule has 1 aromatic carbocycles. The fourth-order valence-electron chi connectivity index (χ4n) is 3.04. The van der Waals surface area contributed by atoms with Crippen LogP contribution in [-0.4, -0.2) is 49.7 Å². The van der Waals surface area contributed by atoms with Crippen LogP contribution in [0, 0.1) is 6.92 Å². The van der Waals surface area contributed by atoms with Crippen molar-refractivity contribution in [3.63, 3.8) is 0 Å². The summed E-state index contributed by atoms with van der Waals surface area (Å²) in [6.45, 7) is 6.06. The van der Waals surface area contributed by atoms with Gasteiger partial charge in [0.15, 0.2) is 0 Å². The molecule has 9 heteroatoms. The molecule has 2 heterocycles. The Labute approximate surface area is 162 Å². The molecule has 0 aliphatic carbocycles. The van der Waals surface area contributed by atoms with Crippen LogP contribution in [0.15, 0.2) is 24.3 Å². The van der Waals surface area contributed by atoms with Gasteiger partial charge in [0.25, 0.3) is 0 Å². The predicted octanol–water partition coefficient (Wildman–Crippen LogP) is 2.72. The second kappa shape index (κ2) is 8.74. The van der Waals surface area contributed by atoms with E-state index in [0.29, 0.717) is 17.5 Å². The van der Waals surface area contributed by atoms with Crippen molar-refractivity contribution >= 4 is 17.5 Å². The average Bonchev–Trinajstić information content (AvgIpc) is 2.69. The third-order valence-corrected chi connectivity index (χ3v) is 4.72. The highest BCUT2D eigenvalue weighted by atomic mass is 19.4. The third-order valence-electron chi connectivity index (χ3n) is 4.72. The minimum atomic E-state index is -4.35. The Kier molecular flexibility index (Phi) is 6.35. The number of hydrogen-bond donors (Lipinski definition) is 3. The minimum absolute atomic E-state index is 0.556. The van der Waals surface area contributed by atoms with Gasteiger partial charge in [0.05, 0.1) is 11.3 Å². The normalized spacial score (nSPS) is 15.0. The van der Waals surface area contributed by atoms with Crippen LogP contribution in [0.25, 0.3) is 0 Å². The van der Waals surface area contributed by atoms with Gasteiger partial charge >= 0.3 is 6.18 Å². The van der Waals surface area contributed by atoms with Crippen LogP contribution in [0.4, 0.5) is 30.6 Å². The van der Waals surface area contributed by atoms with Gasteiger partial charge in [-0.2, -0.15) is 18.2 Å². The van der Waals surface area contributed by atoms with Gasteiger partial charge in [-0.05, 0) is 38.2 Å². The number of piperazine rings is 1. The number of hydrogen-bond acceptors (Lipinski definition) is 6. The lowest BCUT2D eigenvalue weighted by atomic mass is 10.1. The van der Waals surface area contributed by atoms with Crippen LogP contribution >= 0.6 is 0 Å². The molecule has 1 aromatic heterocycles. The summed E-state index contributed by atoms with van der Waals surface area (Å²) in [6.07, 6.45) is -3.61. The van der Waals surface area contributed by atoms with Gasteiger partial charge in [0, 0.05) is 50.4 Å². The van der Waals surface area contributed by atoms with E-state index < -0.39 is 11.7 Å². The molecule has 1 saturated heterocycles. The second-order valence-electron chi connectivity index (χ2n) is 6.73. The Bertz CT molecular complexity index is 785. The lowest BCUT2D eigenvalue weighted by Gasteiger charge is -2.28. The third kappa shape index (κ3) is 4.90. The van der Waals surface area contributed by atoms with Gasteiger partial charge in [-0.25, -0.2) is 4.98 Å². The van der Waals surface area contributed by atoms with E-state index >= 15 is 0 Å². The Morgan fingerprint density at radius 3 is 2.39 bits per heavy atom. The van der Waals surface area contributed by atoms with Crippen molar-refractivity contribution < 1.29 is 13.2 Å². The molecular formula is C19H25F3N6. The topological polar surface area (TPSA) is 65.1 Å². The van der Waals surface area contributed by atoms with Crippen molar-refractivity contribution in [3.8, 4) is 0 Å². The highest BCUT2D eigenvalue weighted by molar-refractivity contribution is 5.62. The van der Waals surface area contributed by atoms with Crippen LogP contribution in [0.1, 0.15) is 16.8 Å². The van der Waals surface area contributed by atoms with E-state index in [9.17, 15) is 13.2 Å². The first-order valence-corrected chi connectivity index (χ1v) is 9.30. The fraction of sp³-hybridized carbons (Fsp3) is 0.474. The van der Waals surface area contributed by atoms with Crippen molar-refractivity contribution in [2.45, 2.75) is 19.5 Å². The van der Waals surface area contributed by atoms with Crippen molar-refractivity contribution in [1.29, 1.82) is 0 Å². The van der Waals surface area contributed by atoms with Crippen molar-refractivity contribution in [2.24, 2.45) is 0 Å². The second-order valence-corrected chi connectivity index (χ2v) is 6.73. The summed E-state index contributed by atoms with van der Waals surface area (Å²) in [4.78, 5) is 11.5. The van der Waals surface area contributed by atoms with E-state index in [0.717, 1.165) is 62.5 Å². The van der Waals surface area contributed by atoms with Gasteiger partial charge in [0.2, 0.25) is 5.95 Å². The monoisotopic (exact) mass is 394 g/mol. The number of halogens is 3. The van der Waals surface area contributed by atoms with Gasteiger partial charge in [-0.15, -0.1) is 0 Å². The highest BCUT2D eigenvalue weighted by Gasteiger charge is 2.30. The number of nitrogens with one attached hydrogen (secondary N) is 3. The van der Waals surface area contributed by atoms with E-state index in [-0.39, 0.29) is 0 Å². The van der Waals surface area contributed by atoms with Crippen LogP contribution in [-0.2, 0) is 12.6 Å². The number of alkyl halides is 3. The summed E-state index contributed by atoms with van der Waals surface area (Å²) in [5.74, 6) is 1.27. The quantitative estimate of drug-likeness (QED) is 0.700. The maximum absolute atomic E-state index is 12.8. The van der Waals surface area contributed by atoms with Gasteiger partial charge < -0.3 is 20.9 Å². The summed E-state index contributed by atoms with van der Waals surface area (Å²) in [5.41, 5.74) is 1.70. The smallest absolute Gasteiger partial charge is 0.340 e. The van der Waals surface area contributed by atoms with Gasteiger partial charge in [0.1, 0.15) is 5.82 Å². The maximum Gasteiger partial charge on any atom is 0.416 e. The van der Waals surface area contributed by atoms with Gasteiger partial charge in [-0.3, -0.25) is 0 Å². The molecule has 0 spiro atoms. The van der Waals surface area contributed by atoms with Crippen LogP contribution < -0.4 is 20.9 Å². The number of rotatable bonds is 6. The van der Waals surface area contributed by atoms with E-state index in [1.807, 2.05) is 14.0 Å². The molecule has 1 fully saturated rings. The molecule has 0 bridgehead atoms. The lowest BCUT2D eigenvalue weighted by molar-refractivity contribution is -0.137. The molecule has 1 aliphatic heterocycles. The highest BCUT2D eigenvalue weighted by Crippen LogP contribution is 2.31. The molecule has 3 rings (SSSR count). The zero-order valence-corrected chi connectivity index (χ0v) is 16.0. The fourth-order valence-corrected chi connectivity index (χ4v) is 3.04.